The Hall–Kier alpha value is -4.28. The first kappa shape index (κ1) is 31.7. The van der Waals surface area contributed by atoms with E-state index in [2.05, 4.69) is 24.3 Å². The predicted octanol–water partition coefficient (Wildman–Crippen LogP) is 7.23. The second kappa shape index (κ2) is 13.2. The molecule has 2 saturated heterocycles. The minimum atomic E-state index is -0.221. The van der Waals surface area contributed by atoms with Crippen LogP contribution in [0.15, 0.2) is 84.9 Å². The fourth-order valence-electron chi connectivity index (χ4n) is 5.86. The molecule has 8 nitrogen and oxygen atoms in total. The summed E-state index contributed by atoms with van der Waals surface area (Å²) in [7, 11) is 3.03. The number of ether oxygens (including phenoxy) is 2. The molecule has 238 valence electrons. The molecule has 4 aromatic rings. The fraction of sp³-hybridized carbons (Fsp3) is 0.278. The van der Waals surface area contributed by atoms with Gasteiger partial charge in [-0.05, 0) is 97.5 Å². The highest BCUT2D eigenvalue weighted by molar-refractivity contribution is 8.01. The fourth-order valence-corrected chi connectivity index (χ4v) is 8.39. The molecule has 2 amide bonds. The van der Waals surface area contributed by atoms with Gasteiger partial charge in [-0.3, -0.25) is 19.4 Å². The second-order valence-corrected chi connectivity index (χ2v) is 14.2. The molecular formula is C36H36N2O6S2. The number of thioether (sulfide) groups is 2. The molecule has 10 heteroatoms. The second-order valence-electron chi connectivity index (χ2n) is 11.4. The molecule has 0 saturated carbocycles. The SMILES string of the molecule is COc1cc([C@@H]2S[C@@H](C)C(=O)N2c2ccc(CCc3ccc(N4C(=O)[C@H](C)S[C@H]4c4ccc(O)c(OC)c4)cc3)cc2)ccc1O. The Morgan fingerprint density at radius 1 is 0.609 bits per heavy atom. The van der Waals surface area contributed by atoms with Gasteiger partial charge in [0.05, 0.1) is 24.7 Å². The van der Waals surface area contributed by atoms with E-state index in [-0.39, 0.29) is 44.6 Å². The predicted molar refractivity (Wildman–Crippen MR) is 184 cm³/mol. The molecule has 0 aromatic heterocycles. The maximum absolute atomic E-state index is 13.2. The van der Waals surface area contributed by atoms with Crippen LogP contribution in [-0.4, -0.2) is 46.7 Å². The van der Waals surface area contributed by atoms with Crippen molar-refractivity contribution in [1.29, 1.82) is 0 Å². The van der Waals surface area contributed by atoms with Crippen LogP contribution >= 0.6 is 23.5 Å². The van der Waals surface area contributed by atoms with Crippen molar-refractivity contribution in [1.82, 2.24) is 0 Å². The van der Waals surface area contributed by atoms with E-state index < -0.39 is 0 Å². The van der Waals surface area contributed by atoms with Crippen LogP contribution in [0.5, 0.6) is 23.0 Å². The summed E-state index contributed by atoms with van der Waals surface area (Å²) in [6, 6.07) is 26.7. The third-order valence-corrected chi connectivity index (χ3v) is 11.1. The molecule has 6 rings (SSSR count). The number of phenolic OH excluding ortho intramolecular Hbond substituents is 2. The number of phenols is 2. The van der Waals surface area contributed by atoms with Crippen LogP contribution < -0.4 is 19.3 Å². The first-order chi connectivity index (χ1) is 22.2. The van der Waals surface area contributed by atoms with Gasteiger partial charge in [0.15, 0.2) is 23.0 Å². The van der Waals surface area contributed by atoms with Crippen LogP contribution in [0.25, 0.3) is 0 Å². The molecule has 0 radical (unpaired) electrons. The Labute approximate surface area is 277 Å². The van der Waals surface area contributed by atoms with Crippen molar-refractivity contribution in [3.8, 4) is 23.0 Å². The van der Waals surface area contributed by atoms with Crippen molar-refractivity contribution in [3.05, 3.63) is 107 Å². The van der Waals surface area contributed by atoms with Gasteiger partial charge in [-0.15, -0.1) is 23.5 Å². The van der Waals surface area contributed by atoms with Crippen molar-refractivity contribution in [2.75, 3.05) is 24.0 Å². The van der Waals surface area contributed by atoms with Gasteiger partial charge in [-0.2, -0.15) is 0 Å². The lowest BCUT2D eigenvalue weighted by Gasteiger charge is -2.25. The number of amides is 2. The summed E-state index contributed by atoms with van der Waals surface area (Å²) in [6.45, 7) is 3.84. The molecule has 0 spiro atoms. The van der Waals surface area contributed by atoms with Crippen LogP contribution in [0, 0.1) is 0 Å². The molecule has 0 bridgehead atoms. The normalized spacial score (nSPS) is 21.2. The van der Waals surface area contributed by atoms with Gasteiger partial charge in [0.2, 0.25) is 11.8 Å². The van der Waals surface area contributed by atoms with Crippen molar-refractivity contribution >= 4 is 46.7 Å². The van der Waals surface area contributed by atoms with Gasteiger partial charge in [0.1, 0.15) is 10.7 Å². The highest BCUT2D eigenvalue weighted by Crippen LogP contribution is 2.48. The first-order valence-electron chi connectivity index (χ1n) is 15.1. The smallest absolute Gasteiger partial charge is 0.241 e. The maximum atomic E-state index is 13.2. The van der Waals surface area contributed by atoms with Crippen LogP contribution in [-0.2, 0) is 22.4 Å². The summed E-state index contributed by atoms with van der Waals surface area (Å²) in [4.78, 5) is 30.0. The lowest BCUT2D eigenvalue weighted by Crippen LogP contribution is -2.30. The summed E-state index contributed by atoms with van der Waals surface area (Å²) in [5.41, 5.74) is 5.75. The number of aromatic hydroxyl groups is 2. The Morgan fingerprint density at radius 2 is 0.978 bits per heavy atom. The number of hydrogen-bond donors (Lipinski definition) is 2. The zero-order chi connectivity index (χ0) is 32.5. The molecular weight excluding hydrogens is 621 g/mol. The van der Waals surface area contributed by atoms with Crippen molar-refractivity contribution in [3.63, 3.8) is 0 Å². The largest absolute Gasteiger partial charge is 0.504 e. The Balaban J connectivity index is 1.14. The van der Waals surface area contributed by atoms with Gasteiger partial charge in [-0.1, -0.05) is 36.4 Å². The summed E-state index contributed by atoms with van der Waals surface area (Å²) >= 11 is 3.15. The van der Waals surface area contributed by atoms with Gasteiger partial charge in [-0.25, -0.2) is 0 Å². The summed E-state index contributed by atoms with van der Waals surface area (Å²) in [6.07, 6.45) is 1.64. The van der Waals surface area contributed by atoms with E-state index in [0.29, 0.717) is 11.5 Å². The van der Waals surface area contributed by atoms with Gasteiger partial charge < -0.3 is 19.7 Å². The number of anilines is 2. The van der Waals surface area contributed by atoms with E-state index in [0.717, 1.165) is 46.5 Å². The van der Waals surface area contributed by atoms with Crippen molar-refractivity contribution in [2.24, 2.45) is 0 Å². The third-order valence-electron chi connectivity index (χ3n) is 8.41. The highest BCUT2D eigenvalue weighted by Gasteiger charge is 2.41. The number of carbonyl (C=O) groups excluding carboxylic acids is 2. The molecule has 46 heavy (non-hydrogen) atoms. The van der Waals surface area contributed by atoms with Gasteiger partial charge in [0.25, 0.3) is 0 Å². The van der Waals surface area contributed by atoms with E-state index >= 15 is 0 Å². The Kier molecular flexibility index (Phi) is 9.11. The number of aryl methyl sites for hydroxylation is 2. The topological polar surface area (TPSA) is 99.5 Å². The molecule has 2 heterocycles. The Bertz CT molecular complexity index is 1620. The lowest BCUT2D eigenvalue weighted by atomic mass is 10.0. The van der Waals surface area contributed by atoms with E-state index in [4.69, 9.17) is 9.47 Å². The molecule has 0 aliphatic carbocycles. The lowest BCUT2D eigenvalue weighted by molar-refractivity contribution is -0.118. The minimum Gasteiger partial charge on any atom is -0.504 e. The standard InChI is InChI=1S/C36H36N2O6S2/c1-21-33(41)37(35(45-21)25-11-17-29(39)31(19-25)43-3)27-13-7-23(8-14-27)5-6-24-9-15-28(16-10-24)38-34(42)22(2)46-36(38)26-12-18-30(40)32(20-26)44-4/h7-22,35-36,39-40H,5-6H2,1-4H3/t21-,22-,35-,36-/m0/s1. The van der Waals surface area contributed by atoms with Crippen LogP contribution in [0.4, 0.5) is 11.4 Å². The van der Waals surface area contributed by atoms with E-state index in [9.17, 15) is 19.8 Å². The quantitative estimate of drug-likeness (QED) is 0.195. The summed E-state index contributed by atoms with van der Waals surface area (Å²) < 4.78 is 10.6. The van der Waals surface area contributed by atoms with Crippen LogP contribution in [0.2, 0.25) is 0 Å². The third kappa shape index (κ3) is 6.11. The monoisotopic (exact) mass is 656 g/mol. The molecule has 2 fully saturated rings. The molecule has 2 N–H and O–H groups in total. The van der Waals surface area contributed by atoms with E-state index in [1.54, 1.807) is 47.8 Å². The molecule has 4 atom stereocenters. The maximum Gasteiger partial charge on any atom is 0.241 e. The molecule has 4 aromatic carbocycles. The molecule has 2 aliphatic heterocycles. The minimum absolute atomic E-state index is 0.0472. The number of methoxy groups -OCH3 is 2. The van der Waals surface area contributed by atoms with Gasteiger partial charge >= 0.3 is 0 Å². The zero-order valence-electron chi connectivity index (χ0n) is 26.0. The number of benzene rings is 4. The number of carbonyl (C=O) groups is 2. The van der Waals surface area contributed by atoms with Crippen LogP contribution in [0.1, 0.15) is 46.8 Å². The van der Waals surface area contributed by atoms with Crippen molar-refractivity contribution in [2.45, 2.75) is 47.9 Å². The van der Waals surface area contributed by atoms with E-state index in [1.807, 2.05) is 60.0 Å². The molecule has 2 aliphatic rings. The highest BCUT2D eigenvalue weighted by atomic mass is 32.2. The summed E-state index contributed by atoms with van der Waals surface area (Å²) in [5, 5.41) is 19.3. The number of rotatable bonds is 9. The van der Waals surface area contributed by atoms with Crippen molar-refractivity contribution < 1.29 is 29.3 Å². The molecule has 0 unspecified atom stereocenters. The number of nitrogens with zero attached hydrogens (tertiary/aromatic N) is 2. The van der Waals surface area contributed by atoms with E-state index in [1.165, 1.54) is 14.2 Å². The van der Waals surface area contributed by atoms with Crippen LogP contribution in [0.3, 0.4) is 0 Å². The van der Waals surface area contributed by atoms with Gasteiger partial charge in [0, 0.05) is 11.4 Å². The number of hydrogen-bond acceptors (Lipinski definition) is 8. The Morgan fingerprint density at radius 3 is 1.33 bits per heavy atom. The average molecular weight is 657 g/mol. The summed E-state index contributed by atoms with van der Waals surface area (Å²) in [5.74, 6) is 0.989. The average Bonchev–Trinajstić information content (AvgIpc) is 3.54. The first-order valence-corrected chi connectivity index (χ1v) is 17.0. The zero-order valence-corrected chi connectivity index (χ0v) is 27.7.